The molecule has 2 aromatic heterocycles. The smallest absolute Gasteiger partial charge is 0.274 e. The SMILES string of the molecule is CN(C)c1ccc(Nc2ccc(C(=O)Nc3cccc4cccnc34)nc2)cc1. The van der Waals surface area contributed by atoms with Gasteiger partial charge in [0.1, 0.15) is 5.69 Å². The summed E-state index contributed by atoms with van der Waals surface area (Å²) in [6.07, 6.45) is 3.36. The molecule has 29 heavy (non-hydrogen) atoms. The van der Waals surface area contributed by atoms with Crippen LogP contribution in [0.1, 0.15) is 10.5 Å². The van der Waals surface area contributed by atoms with Crippen molar-refractivity contribution >= 4 is 39.6 Å². The Morgan fingerprint density at radius 3 is 2.34 bits per heavy atom. The molecule has 0 atom stereocenters. The summed E-state index contributed by atoms with van der Waals surface area (Å²) < 4.78 is 0. The van der Waals surface area contributed by atoms with Crippen LogP contribution in [0.25, 0.3) is 10.9 Å². The number of amides is 1. The predicted octanol–water partition coefficient (Wildman–Crippen LogP) is 4.69. The van der Waals surface area contributed by atoms with Crippen molar-refractivity contribution in [2.45, 2.75) is 0 Å². The Kier molecular flexibility index (Phi) is 5.07. The van der Waals surface area contributed by atoms with E-state index in [0.717, 1.165) is 28.0 Å². The number of rotatable bonds is 5. The van der Waals surface area contributed by atoms with E-state index in [2.05, 4.69) is 20.6 Å². The Labute approximate surface area is 169 Å². The highest BCUT2D eigenvalue weighted by Gasteiger charge is 2.10. The largest absolute Gasteiger partial charge is 0.378 e. The maximum atomic E-state index is 12.6. The van der Waals surface area contributed by atoms with Crippen molar-refractivity contribution in [2.24, 2.45) is 0 Å². The molecule has 6 nitrogen and oxygen atoms in total. The van der Waals surface area contributed by atoms with Crippen molar-refractivity contribution in [1.82, 2.24) is 9.97 Å². The van der Waals surface area contributed by atoms with Gasteiger partial charge < -0.3 is 15.5 Å². The molecule has 144 valence electrons. The summed E-state index contributed by atoms with van der Waals surface area (Å²) in [7, 11) is 4.01. The third-order valence-corrected chi connectivity index (χ3v) is 4.55. The molecule has 0 unspecified atom stereocenters. The third kappa shape index (κ3) is 4.16. The Hall–Kier alpha value is -3.93. The first-order valence-corrected chi connectivity index (χ1v) is 9.26. The number of carbonyl (C=O) groups is 1. The van der Waals surface area contributed by atoms with Gasteiger partial charge in [-0.1, -0.05) is 18.2 Å². The van der Waals surface area contributed by atoms with E-state index in [1.54, 1.807) is 18.5 Å². The Balaban J connectivity index is 1.46. The predicted molar refractivity (Wildman–Crippen MR) is 118 cm³/mol. The van der Waals surface area contributed by atoms with Gasteiger partial charge >= 0.3 is 0 Å². The molecular formula is C23H21N5O. The van der Waals surface area contributed by atoms with Gasteiger partial charge in [0.25, 0.3) is 5.91 Å². The molecule has 2 aromatic carbocycles. The highest BCUT2D eigenvalue weighted by atomic mass is 16.1. The van der Waals surface area contributed by atoms with Crippen LogP contribution in [0.4, 0.5) is 22.7 Å². The van der Waals surface area contributed by atoms with Crippen LogP contribution in [-0.2, 0) is 0 Å². The standard InChI is InChI=1S/C23H21N5O/c1-28(2)19-11-8-17(9-12-19)26-18-10-13-21(25-15-18)23(29)27-20-7-3-5-16-6-4-14-24-22(16)20/h3-15,26H,1-2H3,(H,27,29). The Bertz CT molecular complexity index is 1130. The minimum atomic E-state index is -0.273. The van der Waals surface area contributed by atoms with E-state index in [4.69, 9.17) is 0 Å². The van der Waals surface area contributed by atoms with E-state index in [9.17, 15) is 4.79 Å². The van der Waals surface area contributed by atoms with Gasteiger partial charge in [-0.3, -0.25) is 9.78 Å². The van der Waals surface area contributed by atoms with Crippen molar-refractivity contribution < 1.29 is 4.79 Å². The normalized spacial score (nSPS) is 10.6. The molecule has 0 aliphatic carbocycles. The summed E-state index contributed by atoms with van der Waals surface area (Å²) in [4.78, 5) is 23.3. The monoisotopic (exact) mass is 383 g/mol. The van der Waals surface area contributed by atoms with Gasteiger partial charge in [0.2, 0.25) is 0 Å². The molecular weight excluding hydrogens is 362 g/mol. The summed E-state index contributed by atoms with van der Waals surface area (Å²) in [5.41, 5.74) is 4.65. The lowest BCUT2D eigenvalue weighted by Gasteiger charge is -2.13. The average Bonchev–Trinajstić information content (AvgIpc) is 2.75. The number of anilines is 4. The minimum absolute atomic E-state index is 0.273. The van der Waals surface area contributed by atoms with Crippen LogP contribution in [0.2, 0.25) is 0 Å². The Morgan fingerprint density at radius 2 is 1.62 bits per heavy atom. The number of nitrogens with zero attached hydrogens (tertiary/aromatic N) is 3. The highest BCUT2D eigenvalue weighted by Crippen LogP contribution is 2.22. The van der Waals surface area contributed by atoms with Gasteiger partial charge in [-0.25, -0.2) is 4.98 Å². The highest BCUT2D eigenvalue weighted by molar-refractivity contribution is 6.07. The van der Waals surface area contributed by atoms with Crippen LogP contribution in [0, 0.1) is 0 Å². The molecule has 0 bridgehead atoms. The maximum Gasteiger partial charge on any atom is 0.274 e. The minimum Gasteiger partial charge on any atom is -0.378 e. The van der Waals surface area contributed by atoms with E-state index in [1.165, 1.54) is 0 Å². The summed E-state index contributed by atoms with van der Waals surface area (Å²) in [5.74, 6) is -0.273. The lowest BCUT2D eigenvalue weighted by Crippen LogP contribution is -2.14. The van der Waals surface area contributed by atoms with Crippen LogP contribution in [-0.4, -0.2) is 30.0 Å². The number of hydrogen-bond acceptors (Lipinski definition) is 5. The number of hydrogen-bond donors (Lipinski definition) is 2. The fourth-order valence-electron chi connectivity index (χ4n) is 3.00. The van der Waals surface area contributed by atoms with Crippen LogP contribution in [0.15, 0.2) is 79.1 Å². The van der Waals surface area contributed by atoms with Crippen molar-refractivity contribution in [1.29, 1.82) is 0 Å². The molecule has 0 saturated carbocycles. The molecule has 1 amide bonds. The molecule has 2 N–H and O–H groups in total. The molecule has 2 heterocycles. The fourth-order valence-corrected chi connectivity index (χ4v) is 3.00. The van der Waals surface area contributed by atoms with Gasteiger partial charge in [-0.05, 0) is 48.5 Å². The zero-order chi connectivity index (χ0) is 20.2. The maximum absolute atomic E-state index is 12.6. The average molecular weight is 383 g/mol. The van der Waals surface area contributed by atoms with Crippen molar-refractivity contribution in [3.8, 4) is 0 Å². The van der Waals surface area contributed by atoms with E-state index in [1.807, 2.05) is 79.7 Å². The second-order valence-electron chi connectivity index (χ2n) is 6.83. The van der Waals surface area contributed by atoms with Crippen LogP contribution in [0.5, 0.6) is 0 Å². The van der Waals surface area contributed by atoms with Crippen LogP contribution < -0.4 is 15.5 Å². The fraction of sp³-hybridized carbons (Fsp3) is 0.0870. The molecule has 0 saturated heterocycles. The number of pyridine rings is 2. The van der Waals surface area contributed by atoms with Gasteiger partial charge in [0.15, 0.2) is 0 Å². The topological polar surface area (TPSA) is 70.2 Å². The van der Waals surface area contributed by atoms with Crippen LogP contribution >= 0.6 is 0 Å². The number of aromatic nitrogens is 2. The van der Waals surface area contributed by atoms with E-state index >= 15 is 0 Å². The lowest BCUT2D eigenvalue weighted by molar-refractivity contribution is 0.102. The third-order valence-electron chi connectivity index (χ3n) is 4.55. The first-order chi connectivity index (χ1) is 14.1. The van der Waals surface area contributed by atoms with Gasteiger partial charge in [0, 0.05) is 37.1 Å². The molecule has 0 fully saturated rings. The quantitative estimate of drug-likeness (QED) is 0.523. The molecule has 0 aliphatic rings. The Morgan fingerprint density at radius 1 is 0.862 bits per heavy atom. The molecule has 4 rings (SSSR count). The number of para-hydroxylation sites is 1. The summed E-state index contributed by atoms with van der Waals surface area (Å²) in [6, 6.07) is 21.1. The lowest BCUT2D eigenvalue weighted by atomic mass is 10.2. The molecule has 6 heteroatoms. The first-order valence-electron chi connectivity index (χ1n) is 9.26. The van der Waals surface area contributed by atoms with E-state index in [0.29, 0.717) is 11.4 Å². The van der Waals surface area contributed by atoms with Gasteiger partial charge in [-0.15, -0.1) is 0 Å². The summed E-state index contributed by atoms with van der Waals surface area (Å²) in [6.45, 7) is 0. The van der Waals surface area contributed by atoms with Gasteiger partial charge in [0.05, 0.1) is 23.1 Å². The zero-order valence-corrected chi connectivity index (χ0v) is 16.3. The molecule has 0 aliphatic heterocycles. The number of fused-ring (bicyclic) bond motifs is 1. The first kappa shape index (κ1) is 18.4. The van der Waals surface area contributed by atoms with E-state index in [-0.39, 0.29) is 5.91 Å². The van der Waals surface area contributed by atoms with Crippen molar-refractivity contribution in [3.63, 3.8) is 0 Å². The van der Waals surface area contributed by atoms with Crippen molar-refractivity contribution in [2.75, 3.05) is 29.6 Å². The zero-order valence-electron chi connectivity index (χ0n) is 16.3. The van der Waals surface area contributed by atoms with Crippen molar-refractivity contribution in [3.05, 3.63) is 84.8 Å². The second kappa shape index (κ2) is 7.98. The summed E-state index contributed by atoms with van der Waals surface area (Å²) >= 11 is 0. The molecule has 0 spiro atoms. The second-order valence-corrected chi connectivity index (χ2v) is 6.83. The number of carbonyl (C=O) groups excluding carboxylic acids is 1. The van der Waals surface area contributed by atoms with E-state index < -0.39 is 0 Å². The number of nitrogens with one attached hydrogen (secondary N) is 2. The number of benzene rings is 2. The molecule has 0 radical (unpaired) electrons. The van der Waals surface area contributed by atoms with Crippen LogP contribution in [0.3, 0.4) is 0 Å². The molecule has 4 aromatic rings. The summed E-state index contributed by atoms with van der Waals surface area (Å²) in [5, 5.41) is 7.16. The van der Waals surface area contributed by atoms with Gasteiger partial charge in [-0.2, -0.15) is 0 Å².